The molecule has 0 aromatic heterocycles. The minimum Gasteiger partial charge on any atom is -0.207 e. The topological polar surface area (TPSA) is 70.0 Å². The highest BCUT2D eigenvalue weighted by Crippen LogP contribution is 2.19. The summed E-state index contributed by atoms with van der Waals surface area (Å²) in [6.45, 7) is 7.48. The first-order valence-corrected chi connectivity index (χ1v) is 7.75. The zero-order valence-electron chi connectivity index (χ0n) is 11.8. The second-order valence-electron chi connectivity index (χ2n) is 5.33. The first-order chi connectivity index (χ1) is 8.72. The first kappa shape index (κ1) is 15.7. The molecule has 0 aliphatic carbocycles. The summed E-state index contributed by atoms with van der Waals surface area (Å²) in [6, 6.07) is 6.56. The Hall–Kier alpha value is -1.38. The summed E-state index contributed by atoms with van der Waals surface area (Å²) < 4.78 is 27.3. The van der Waals surface area contributed by atoms with Gasteiger partial charge < -0.3 is 0 Å². The molecule has 1 N–H and O–H groups in total. The Kier molecular flexibility index (Phi) is 4.72. The molecule has 0 spiro atoms. The third-order valence-electron chi connectivity index (χ3n) is 2.91. The molecule has 0 aliphatic heterocycles. The molecular weight excluding hydrogens is 260 g/mol. The molecule has 1 aromatic rings. The van der Waals surface area contributed by atoms with Crippen LogP contribution in [0, 0.1) is 18.3 Å². The molecule has 0 unspecified atom stereocenters. The Morgan fingerprint density at radius 3 is 2.47 bits per heavy atom. The number of nitriles is 1. The summed E-state index contributed by atoms with van der Waals surface area (Å²) in [5.74, 6) is 0. The number of hydrogen-bond acceptors (Lipinski definition) is 3. The second kappa shape index (κ2) is 5.72. The van der Waals surface area contributed by atoms with Gasteiger partial charge in [0.15, 0.2) is 0 Å². The molecule has 0 bridgehead atoms. The summed E-state index contributed by atoms with van der Waals surface area (Å²) in [6.07, 6.45) is 1.67. The van der Waals surface area contributed by atoms with Crippen LogP contribution in [0.25, 0.3) is 0 Å². The molecule has 1 aromatic carbocycles. The lowest BCUT2D eigenvalue weighted by Gasteiger charge is -2.25. The maximum absolute atomic E-state index is 12.3. The lowest BCUT2D eigenvalue weighted by atomic mass is 10.0. The number of aryl methyl sites for hydroxylation is 1. The first-order valence-electron chi connectivity index (χ1n) is 6.26. The van der Waals surface area contributed by atoms with Crippen molar-refractivity contribution in [2.45, 2.75) is 51.0 Å². The van der Waals surface area contributed by atoms with E-state index in [9.17, 15) is 8.42 Å². The van der Waals surface area contributed by atoms with Crippen LogP contribution < -0.4 is 4.72 Å². The molecular formula is C14H20N2O2S. The van der Waals surface area contributed by atoms with Crippen molar-refractivity contribution in [1.82, 2.24) is 4.72 Å². The number of nitrogens with one attached hydrogen (secondary N) is 1. The van der Waals surface area contributed by atoms with Gasteiger partial charge in [0.1, 0.15) is 0 Å². The van der Waals surface area contributed by atoms with Gasteiger partial charge in [0.2, 0.25) is 10.0 Å². The molecule has 4 nitrogen and oxygen atoms in total. The van der Waals surface area contributed by atoms with Crippen molar-refractivity contribution in [2.24, 2.45) is 0 Å². The fraction of sp³-hybridized carbons (Fsp3) is 0.500. The molecule has 0 heterocycles. The average Bonchev–Trinajstić information content (AvgIpc) is 2.27. The second-order valence-corrected chi connectivity index (χ2v) is 7.01. The van der Waals surface area contributed by atoms with E-state index in [1.165, 1.54) is 18.2 Å². The van der Waals surface area contributed by atoms with E-state index < -0.39 is 15.6 Å². The molecule has 0 amide bonds. The summed E-state index contributed by atoms with van der Waals surface area (Å²) in [7, 11) is -3.55. The van der Waals surface area contributed by atoms with Crippen LogP contribution in [-0.2, 0) is 10.0 Å². The van der Waals surface area contributed by atoms with E-state index in [0.29, 0.717) is 11.1 Å². The van der Waals surface area contributed by atoms with E-state index in [4.69, 9.17) is 5.26 Å². The lowest BCUT2D eigenvalue weighted by Crippen LogP contribution is -2.43. The smallest absolute Gasteiger partial charge is 0.207 e. The van der Waals surface area contributed by atoms with Crippen LogP contribution >= 0.6 is 0 Å². The van der Waals surface area contributed by atoms with E-state index in [0.717, 1.165) is 12.8 Å². The van der Waals surface area contributed by atoms with E-state index in [1.54, 1.807) is 6.92 Å². The van der Waals surface area contributed by atoms with Crippen molar-refractivity contribution >= 4 is 10.0 Å². The van der Waals surface area contributed by atoms with Crippen LogP contribution in [0.3, 0.4) is 0 Å². The van der Waals surface area contributed by atoms with Crippen molar-refractivity contribution in [2.75, 3.05) is 0 Å². The normalized spacial score (nSPS) is 12.2. The van der Waals surface area contributed by atoms with E-state index in [2.05, 4.69) is 4.72 Å². The predicted octanol–water partition coefficient (Wildman–Crippen LogP) is 2.72. The maximum Gasteiger partial charge on any atom is 0.241 e. The highest BCUT2D eigenvalue weighted by Gasteiger charge is 2.25. The van der Waals surface area contributed by atoms with Gasteiger partial charge in [-0.15, -0.1) is 0 Å². The summed E-state index contributed by atoms with van der Waals surface area (Å²) in [4.78, 5) is 0.202. The van der Waals surface area contributed by atoms with Gasteiger partial charge in [-0.2, -0.15) is 5.26 Å². The average molecular weight is 280 g/mol. The Morgan fingerprint density at radius 1 is 1.37 bits per heavy atom. The van der Waals surface area contributed by atoms with Gasteiger partial charge in [0, 0.05) is 5.54 Å². The molecule has 19 heavy (non-hydrogen) atoms. The Morgan fingerprint density at radius 2 is 2.00 bits per heavy atom. The van der Waals surface area contributed by atoms with Gasteiger partial charge >= 0.3 is 0 Å². The molecule has 0 radical (unpaired) electrons. The standard InChI is InChI=1S/C14H20N2O2S/c1-5-8-14(3,4)16-19(17,18)13-7-6-12(10-15)11(2)9-13/h6-7,9,16H,5,8H2,1-4H3. The van der Waals surface area contributed by atoms with Crippen molar-refractivity contribution in [3.8, 4) is 6.07 Å². The molecule has 0 saturated carbocycles. The van der Waals surface area contributed by atoms with Gasteiger partial charge in [-0.05, 0) is 51.0 Å². The third-order valence-corrected chi connectivity index (χ3v) is 4.61. The monoisotopic (exact) mass is 280 g/mol. The zero-order valence-corrected chi connectivity index (χ0v) is 12.6. The van der Waals surface area contributed by atoms with Crippen LogP contribution in [0.1, 0.15) is 44.7 Å². The molecule has 1 rings (SSSR count). The van der Waals surface area contributed by atoms with Crippen LogP contribution in [-0.4, -0.2) is 14.0 Å². The largest absolute Gasteiger partial charge is 0.241 e. The zero-order chi connectivity index (χ0) is 14.7. The minimum absolute atomic E-state index is 0.202. The Bertz CT molecular complexity index is 598. The summed E-state index contributed by atoms with van der Waals surface area (Å²) >= 11 is 0. The molecule has 0 saturated heterocycles. The number of benzene rings is 1. The number of nitrogens with zero attached hydrogens (tertiary/aromatic N) is 1. The van der Waals surface area contributed by atoms with Crippen LogP contribution in [0.4, 0.5) is 0 Å². The molecule has 5 heteroatoms. The van der Waals surface area contributed by atoms with Crippen molar-refractivity contribution in [3.05, 3.63) is 29.3 Å². The van der Waals surface area contributed by atoms with Gasteiger partial charge in [-0.1, -0.05) is 13.3 Å². The quantitative estimate of drug-likeness (QED) is 0.901. The van der Waals surface area contributed by atoms with E-state index >= 15 is 0 Å². The number of sulfonamides is 1. The molecule has 104 valence electrons. The molecule has 0 atom stereocenters. The van der Waals surface area contributed by atoms with Gasteiger partial charge in [0.25, 0.3) is 0 Å². The Labute approximate surface area is 115 Å². The number of hydrogen-bond donors (Lipinski definition) is 1. The lowest BCUT2D eigenvalue weighted by molar-refractivity contribution is 0.417. The van der Waals surface area contributed by atoms with Gasteiger partial charge in [0.05, 0.1) is 16.5 Å². The molecule has 0 fully saturated rings. The van der Waals surface area contributed by atoms with Gasteiger partial charge in [-0.3, -0.25) is 0 Å². The minimum atomic E-state index is -3.55. The highest BCUT2D eigenvalue weighted by molar-refractivity contribution is 7.89. The summed E-state index contributed by atoms with van der Waals surface area (Å²) in [5.41, 5.74) is 0.681. The fourth-order valence-corrected chi connectivity index (χ4v) is 3.55. The Balaban J connectivity index is 3.08. The highest BCUT2D eigenvalue weighted by atomic mass is 32.2. The van der Waals surface area contributed by atoms with Crippen LogP contribution in [0.2, 0.25) is 0 Å². The van der Waals surface area contributed by atoms with Crippen molar-refractivity contribution < 1.29 is 8.42 Å². The predicted molar refractivity (Wildman–Crippen MR) is 75.2 cm³/mol. The third kappa shape index (κ3) is 4.05. The van der Waals surface area contributed by atoms with E-state index in [-0.39, 0.29) is 4.90 Å². The van der Waals surface area contributed by atoms with Crippen molar-refractivity contribution in [3.63, 3.8) is 0 Å². The van der Waals surface area contributed by atoms with Crippen LogP contribution in [0.15, 0.2) is 23.1 Å². The van der Waals surface area contributed by atoms with Crippen molar-refractivity contribution in [1.29, 1.82) is 5.26 Å². The van der Waals surface area contributed by atoms with Gasteiger partial charge in [-0.25, -0.2) is 13.1 Å². The maximum atomic E-state index is 12.3. The SMILES string of the molecule is CCCC(C)(C)NS(=O)(=O)c1ccc(C#N)c(C)c1. The fourth-order valence-electron chi connectivity index (χ4n) is 2.03. The van der Waals surface area contributed by atoms with E-state index in [1.807, 2.05) is 26.8 Å². The van der Waals surface area contributed by atoms with Crippen LogP contribution in [0.5, 0.6) is 0 Å². The number of rotatable bonds is 5. The molecule has 0 aliphatic rings. The summed E-state index contributed by atoms with van der Waals surface area (Å²) in [5, 5.41) is 8.85.